The van der Waals surface area contributed by atoms with Crippen LogP contribution in [-0.4, -0.2) is 10.9 Å². The lowest BCUT2D eigenvalue weighted by atomic mass is 10.2. The number of nitrogens with two attached hydrogens (primary N) is 2. The lowest BCUT2D eigenvalue weighted by Crippen LogP contribution is -2.24. The summed E-state index contributed by atoms with van der Waals surface area (Å²) < 4.78 is 11.6. The lowest BCUT2D eigenvalue weighted by Gasteiger charge is -2.06. The maximum Gasteiger partial charge on any atom is 0.255 e. The van der Waals surface area contributed by atoms with Gasteiger partial charge in [0, 0.05) is 5.39 Å². The van der Waals surface area contributed by atoms with Crippen molar-refractivity contribution in [2.75, 3.05) is 11.5 Å². The van der Waals surface area contributed by atoms with Gasteiger partial charge in [0.05, 0.1) is 12.1 Å². The van der Waals surface area contributed by atoms with E-state index >= 15 is 0 Å². The molecule has 0 spiro atoms. The van der Waals surface area contributed by atoms with Crippen molar-refractivity contribution in [2.45, 2.75) is 13.2 Å². The number of fused-ring (bicyclic) bond motifs is 1. The topological polar surface area (TPSA) is 116 Å². The highest BCUT2D eigenvalue weighted by atomic mass is 16.5. The van der Waals surface area contributed by atoms with Gasteiger partial charge < -0.3 is 25.9 Å². The summed E-state index contributed by atoms with van der Waals surface area (Å²) in [6, 6.07) is 20.5. The molecule has 2 aromatic carbocycles. The van der Waals surface area contributed by atoms with E-state index in [0.717, 1.165) is 22.3 Å². The molecule has 2 heterocycles. The first-order valence-corrected chi connectivity index (χ1v) is 9.08. The second-order valence-electron chi connectivity index (χ2n) is 6.54. The maximum atomic E-state index is 12.3. The Kier molecular flexibility index (Phi) is 5.03. The zero-order valence-electron chi connectivity index (χ0n) is 15.6. The summed E-state index contributed by atoms with van der Waals surface area (Å²) in [6.45, 7) is 0.710. The molecule has 0 bridgehead atoms. The third-order valence-electron chi connectivity index (χ3n) is 4.40. The van der Waals surface area contributed by atoms with Crippen LogP contribution >= 0.6 is 0 Å². The van der Waals surface area contributed by atoms with Crippen molar-refractivity contribution in [1.29, 1.82) is 0 Å². The third-order valence-corrected chi connectivity index (χ3v) is 4.40. The van der Waals surface area contributed by atoms with Crippen LogP contribution in [0, 0.1) is 0 Å². The number of hydrogen-bond donors (Lipinski definition) is 3. The average Bonchev–Trinajstić information content (AvgIpc) is 3.13. The zero-order valence-corrected chi connectivity index (χ0v) is 15.6. The van der Waals surface area contributed by atoms with Crippen LogP contribution in [0.5, 0.6) is 5.75 Å². The molecule has 0 aliphatic rings. The molecular formula is C22H20N4O3. The van der Waals surface area contributed by atoms with Gasteiger partial charge in [0.25, 0.3) is 5.91 Å². The van der Waals surface area contributed by atoms with Crippen molar-refractivity contribution in [3.05, 3.63) is 83.6 Å². The second kappa shape index (κ2) is 7.93. The Hall–Kier alpha value is -4.00. The van der Waals surface area contributed by atoms with Crippen molar-refractivity contribution in [3.8, 4) is 5.75 Å². The molecule has 29 heavy (non-hydrogen) atoms. The normalized spacial score (nSPS) is 10.8. The summed E-state index contributed by atoms with van der Waals surface area (Å²) in [5.41, 5.74) is 13.4. The van der Waals surface area contributed by atoms with E-state index in [1.54, 1.807) is 6.07 Å². The molecule has 0 aliphatic heterocycles. The van der Waals surface area contributed by atoms with E-state index in [1.807, 2.05) is 54.6 Å². The summed E-state index contributed by atoms with van der Waals surface area (Å²) >= 11 is 0. The van der Waals surface area contributed by atoms with Crippen LogP contribution in [0.15, 0.2) is 71.1 Å². The highest BCUT2D eigenvalue weighted by Crippen LogP contribution is 2.25. The third kappa shape index (κ3) is 4.30. The number of rotatable bonds is 6. The minimum atomic E-state index is -0.345. The van der Waals surface area contributed by atoms with Crippen LogP contribution in [0.1, 0.15) is 21.7 Å². The van der Waals surface area contributed by atoms with Gasteiger partial charge in [-0.1, -0.05) is 30.3 Å². The zero-order chi connectivity index (χ0) is 20.2. The summed E-state index contributed by atoms with van der Waals surface area (Å²) in [5, 5.41) is 3.67. The van der Waals surface area contributed by atoms with Gasteiger partial charge in [0.2, 0.25) is 0 Å². The quantitative estimate of drug-likeness (QED) is 0.465. The van der Waals surface area contributed by atoms with Gasteiger partial charge in [-0.2, -0.15) is 0 Å². The summed E-state index contributed by atoms with van der Waals surface area (Å²) in [5.74, 6) is 1.38. The van der Waals surface area contributed by atoms with E-state index < -0.39 is 0 Å². The largest absolute Gasteiger partial charge is 0.489 e. The number of anilines is 2. The number of benzene rings is 2. The molecule has 5 N–H and O–H groups in total. The molecule has 146 valence electrons. The average molecular weight is 388 g/mol. The van der Waals surface area contributed by atoms with E-state index in [-0.39, 0.29) is 29.7 Å². The predicted octanol–water partition coefficient (Wildman–Crippen LogP) is 3.50. The van der Waals surface area contributed by atoms with Gasteiger partial charge in [-0.25, -0.2) is 4.98 Å². The van der Waals surface area contributed by atoms with Gasteiger partial charge in [-0.3, -0.25) is 4.79 Å². The number of nitrogens with zero attached hydrogens (tertiary/aromatic N) is 1. The smallest absolute Gasteiger partial charge is 0.255 e. The lowest BCUT2D eigenvalue weighted by molar-refractivity contribution is 0.0949. The summed E-state index contributed by atoms with van der Waals surface area (Å²) in [7, 11) is 0. The fraction of sp³-hybridized carbons (Fsp3) is 0.0909. The number of ether oxygens (including phenoxy) is 1. The number of furan rings is 1. The van der Waals surface area contributed by atoms with Crippen LogP contribution in [-0.2, 0) is 13.2 Å². The first kappa shape index (κ1) is 18.4. The van der Waals surface area contributed by atoms with Gasteiger partial charge in [-0.15, -0.1) is 0 Å². The Morgan fingerprint density at radius 2 is 1.86 bits per heavy atom. The van der Waals surface area contributed by atoms with Crippen molar-refractivity contribution < 1.29 is 13.9 Å². The van der Waals surface area contributed by atoms with Crippen LogP contribution < -0.4 is 21.5 Å². The van der Waals surface area contributed by atoms with E-state index in [2.05, 4.69) is 10.3 Å². The number of nitrogens with one attached hydrogen (secondary N) is 1. The van der Waals surface area contributed by atoms with Gasteiger partial charge in [0.1, 0.15) is 35.3 Å². The molecule has 0 radical (unpaired) electrons. The standard InChI is InChI=1S/C22H20N4O3/c23-20-9-7-18(21(24)26-20)22(27)25-12-17-11-15-10-16(6-8-19(15)29-17)28-13-14-4-2-1-3-5-14/h1-11H,12-13H2,(H,25,27)(H4,23,24,26). The molecule has 0 aliphatic carbocycles. The van der Waals surface area contributed by atoms with Crippen molar-refractivity contribution in [2.24, 2.45) is 0 Å². The Labute approximate surface area is 167 Å². The summed E-state index contributed by atoms with van der Waals surface area (Å²) in [4.78, 5) is 16.2. The Morgan fingerprint density at radius 3 is 2.66 bits per heavy atom. The molecule has 7 heteroatoms. The minimum absolute atomic E-state index is 0.0901. The van der Waals surface area contributed by atoms with Crippen LogP contribution in [0.25, 0.3) is 11.0 Å². The van der Waals surface area contributed by atoms with Gasteiger partial charge >= 0.3 is 0 Å². The van der Waals surface area contributed by atoms with E-state index in [4.69, 9.17) is 20.6 Å². The monoisotopic (exact) mass is 388 g/mol. The number of hydrogen-bond acceptors (Lipinski definition) is 6. The van der Waals surface area contributed by atoms with Crippen molar-refractivity contribution in [3.63, 3.8) is 0 Å². The Morgan fingerprint density at radius 1 is 1.03 bits per heavy atom. The molecule has 4 aromatic rings. The molecule has 1 amide bonds. The maximum absolute atomic E-state index is 12.3. The van der Waals surface area contributed by atoms with E-state index in [0.29, 0.717) is 12.4 Å². The first-order valence-electron chi connectivity index (χ1n) is 9.08. The van der Waals surface area contributed by atoms with E-state index in [9.17, 15) is 4.79 Å². The Bertz CT molecular complexity index is 1160. The number of nitrogen functional groups attached to an aromatic ring is 2. The molecular weight excluding hydrogens is 368 g/mol. The fourth-order valence-electron chi connectivity index (χ4n) is 2.94. The molecule has 0 fully saturated rings. The molecule has 0 atom stereocenters. The molecule has 0 unspecified atom stereocenters. The number of aromatic nitrogens is 1. The number of carbonyl (C=O) groups is 1. The van der Waals surface area contributed by atoms with Gasteiger partial charge in [0.15, 0.2) is 0 Å². The number of carbonyl (C=O) groups excluding carboxylic acids is 1. The van der Waals surface area contributed by atoms with Crippen LogP contribution in [0.2, 0.25) is 0 Å². The molecule has 0 saturated heterocycles. The summed E-state index contributed by atoms with van der Waals surface area (Å²) in [6.07, 6.45) is 0. The molecule has 2 aromatic heterocycles. The van der Waals surface area contributed by atoms with Crippen LogP contribution in [0.4, 0.5) is 11.6 Å². The van der Waals surface area contributed by atoms with Gasteiger partial charge in [-0.05, 0) is 42.0 Å². The van der Waals surface area contributed by atoms with Crippen molar-refractivity contribution in [1.82, 2.24) is 10.3 Å². The van der Waals surface area contributed by atoms with Crippen molar-refractivity contribution >= 4 is 28.5 Å². The number of pyridine rings is 1. The van der Waals surface area contributed by atoms with E-state index in [1.165, 1.54) is 6.07 Å². The number of amides is 1. The molecule has 7 nitrogen and oxygen atoms in total. The van der Waals surface area contributed by atoms with Crippen LogP contribution in [0.3, 0.4) is 0 Å². The highest BCUT2D eigenvalue weighted by Gasteiger charge is 2.12. The fourth-order valence-corrected chi connectivity index (χ4v) is 2.94. The molecule has 0 saturated carbocycles. The molecule has 4 rings (SSSR count). The minimum Gasteiger partial charge on any atom is -0.489 e. The first-order chi connectivity index (χ1) is 14.1. The second-order valence-corrected chi connectivity index (χ2v) is 6.54. The highest BCUT2D eigenvalue weighted by molar-refractivity contribution is 5.98. The Balaban J connectivity index is 1.41. The predicted molar refractivity (Wildman–Crippen MR) is 111 cm³/mol. The SMILES string of the molecule is Nc1ccc(C(=O)NCc2cc3cc(OCc4ccccc4)ccc3o2)c(N)n1.